The Morgan fingerprint density at radius 2 is 2.12 bits per heavy atom. The molecule has 0 unspecified atom stereocenters. The number of aromatic nitrogens is 3. The maximum atomic E-state index is 12.4. The minimum absolute atomic E-state index is 0.130. The van der Waals surface area contributed by atoms with E-state index in [-0.39, 0.29) is 23.5 Å². The molecule has 3 rings (SSSR count). The number of esters is 1. The van der Waals surface area contributed by atoms with Crippen LogP contribution in [-0.2, 0) is 11.3 Å². The first-order valence-electron chi connectivity index (χ1n) is 7.01. The quantitative estimate of drug-likeness (QED) is 0.644. The molecule has 10 heteroatoms. The van der Waals surface area contributed by atoms with Crippen LogP contribution in [0.1, 0.15) is 21.1 Å². The molecule has 0 atom stereocenters. The summed E-state index contributed by atoms with van der Waals surface area (Å²) in [5.74, 6) is -1.12. The zero-order valence-electron chi connectivity index (χ0n) is 12.8. The van der Waals surface area contributed by atoms with E-state index in [4.69, 9.17) is 4.74 Å². The Bertz CT molecular complexity index is 986. The van der Waals surface area contributed by atoms with Gasteiger partial charge in [-0.05, 0) is 19.1 Å². The second kappa shape index (κ2) is 6.93. The standard InChI is InChI=1S/C15H11F2N3O4S/c1-8-6-12(21)20-15(18-8)25-11(19-20)7-23-13(22)9-4-2-3-5-10(9)24-14(16)17/h2-6,14H,7H2,1H3. The van der Waals surface area contributed by atoms with Gasteiger partial charge in [0.15, 0.2) is 5.01 Å². The van der Waals surface area contributed by atoms with E-state index >= 15 is 0 Å². The minimum atomic E-state index is -3.06. The molecule has 3 aromatic rings. The summed E-state index contributed by atoms with van der Waals surface area (Å²) in [6, 6.07) is 6.85. The molecule has 0 aliphatic rings. The van der Waals surface area contributed by atoms with Crippen LogP contribution in [-0.4, -0.2) is 27.2 Å². The summed E-state index contributed by atoms with van der Waals surface area (Å²) in [6.07, 6.45) is 0. The number of benzene rings is 1. The Hall–Kier alpha value is -2.88. The van der Waals surface area contributed by atoms with E-state index in [2.05, 4.69) is 14.8 Å². The fraction of sp³-hybridized carbons (Fsp3) is 0.200. The maximum absolute atomic E-state index is 12.4. The molecule has 2 heterocycles. The van der Waals surface area contributed by atoms with Crippen molar-refractivity contribution in [3.05, 3.63) is 57.0 Å². The molecule has 1 aromatic carbocycles. The van der Waals surface area contributed by atoms with Crippen molar-refractivity contribution >= 4 is 22.3 Å². The van der Waals surface area contributed by atoms with Crippen molar-refractivity contribution in [2.45, 2.75) is 20.1 Å². The van der Waals surface area contributed by atoms with E-state index in [0.717, 1.165) is 15.9 Å². The van der Waals surface area contributed by atoms with Crippen LogP contribution in [0.15, 0.2) is 35.1 Å². The number of para-hydroxylation sites is 1. The van der Waals surface area contributed by atoms with Crippen molar-refractivity contribution in [1.29, 1.82) is 0 Å². The lowest BCUT2D eigenvalue weighted by atomic mass is 10.2. The number of alkyl halides is 2. The van der Waals surface area contributed by atoms with E-state index in [1.165, 1.54) is 30.3 Å². The number of rotatable bonds is 5. The van der Waals surface area contributed by atoms with Crippen molar-refractivity contribution in [3.8, 4) is 5.75 Å². The van der Waals surface area contributed by atoms with Crippen LogP contribution < -0.4 is 10.3 Å². The number of hydrogen-bond donors (Lipinski definition) is 0. The third-order valence-electron chi connectivity index (χ3n) is 3.06. The highest BCUT2D eigenvalue weighted by Crippen LogP contribution is 2.22. The molecular formula is C15H11F2N3O4S. The van der Waals surface area contributed by atoms with Gasteiger partial charge in [-0.1, -0.05) is 23.5 Å². The molecule has 0 bridgehead atoms. The number of aryl methyl sites for hydroxylation is 1. The Labute approximate surface area is 143 Å². The van der Waals surface area contributed by atoms with Crippen LogP contribution in [0, 0.1) is 6.92 Å². The smallest absolute Gasteiger partial charge is 0.387 e. The van der Waals surface area contributed by atoms with E-state index in [1.807, 2.05) is 0 Å². The number of halogens is 2. The summed E-state index contributed by atoms with van der Waals surface area (Å²) in [5, 5.41) is 4.36. The molecule has 0 amide bonds. The second-order valence-electron chi connectivity index (χ2n) is 4.88. The maximum Gasteiger partial charge on any atom is 0.387 e. The number of hydrogen-bond acceptors (Lipinski definition) is 7. The van der Waals surface area contributed by atoms with Crippen LogP contribution in [0.5, 0.6) is 5.75 Å². The van der Waals surface area contributed by atoms with E-state index in [0.29, 0.717) is 15.7 Å². The molecule has 0 aliphatic heterocycles. The monoisotopic (exact) mass is 367 g/mol. The summed E-state index contributed by atoms with van der Waals surface area (Å²) in [7, 11) is 0. The van der Waals surface area contributed by atoms with Gasteiger partial charge in [-0.25, -0.2) is 9.78 Å². The highest BCUT2D eigenvalue weighted by atomic mass is 32.1. The lowest BCUT2D eigenvalue weighted by molar-refractivity contribution is -0.0504. The van der Waals surface area contributed by atoms with Gasteiger partial charge in [0.05, 0.1) is 0 Å². The predicted molar refractivity (Wildman–Crippen MR) is 84.1 cm³/mol. The fourth-order valence-corrected chi connectivity index (χ4v) is 2.92. The van der Waals surface area contributed by atoms with Crippen LogP contribution in [0.25, 0.3) is 4.96 Å². The topological polar surface area (TPSA) is 82.8 Å². The first kappa shape index (κ1) is 17.0. The molecule has 0 radical (unpaired) electrons. The normalized spacial score (nSPS) is 11.0. The van der Waals surface area contributed by atoms with Crippen LogP contribution in [0.2, 0.25) is 0 Å². The van der Waals surface area contributed by atoms with Gasteiger partial charge in [-0.2, -0.15) is 18.4 Å². The van der Waals surface area contributed by atoms with Crippen molar-refractivity contribution < 1.29 is 23.0 Å². The van der Waals surface area contributed by atoms with Gasteiger partial charge >= 0.3 is 12.6 Å². The third kappa shape index (κ3) is 3.79. The predicted octanol–water partition coefficient (Wildman–Crippen LogP) is 2.42. The summed E-state index contributed by atoms with van der Waals surface area (Å²) < 4.78 is 35.2. The van der Waals surface area contributed by atoms with E-state index in [9.17, 15) is 18.4 Å². The largest absolute Gasteiger partial charge is 0.455 e. The molecule has 0 spiro atoms. The highest BCUT2D eigenvalue weighted by molar-refractivity contribution is 7.16. The van der Waals surface area contributed by atoms with E-state index in [1.54, 1.807) is 6.92 Å². The van der Waals surface area contributed by atoms with Crippen LogP contribution in [0.4, 0.5) is 8.78 Å². The molecular weight excluding hydrogens is 356 g/mol. The molecule has 0 aliphatic carbocycles. The van der Waals surface area contributed by atoms with Gasteiger partial charge < -0.3 is 9.47 Å². The number of ether oxygens (including phenoxy) is 2. The number of fused-ring (bicyclic) bond motifs is 1. The Kier molecular flexibility index (Phi) is 4.70. The molecule has 0 saturated carbocycles. The third-order valence-corrected chi connectivity index (χ3v) is 3.95. The first-order valence-corrected chi connectivity index (χ1v) is 7.83. The zero-order chi connectivity index (χ0) is 18.0. The lowest BCUT2D eigenvalue weighted by Gasteiger charge is -2.09. The molecule has 2 aromatic heterocycles. The average molecular weight is 367 g/mol. The number of carbonyl (C=O) groups is 1. The van der Waals surface area contributed by atoms with Gasteiger partial charge in [0.2, 0.25) is 4.96 Å². The van der Waals surface area contributed by atoms with Crippen molar-refractivity contribution in [2.75, 3.05) is 0 Å². The summed E-state index contributed by atoms with van der Waals surface area (Å²) in [6.45, 7) is -1.60. The minimum Gasteiger partial charge on any atom is -0.455 e. The second-order valence-corrected chi connectivity index (χ2v) is 5.92. The van der Waals surface area contributed by atoms with Gasteiger partial charge in [0.25, 0.3) is 5.56 Å². The molecule has 25 heavy (non-hydrogen) atoms. The zero-order valence-corrected chi connectivity index (χ0v) is 13.6. The molecule has 7 nitrogen and oxygen atoms in total. The summed E-state index contributed by atoms with van der Waals surface area (Å²) >= 11 is 1.09. The van der Waals surface area contributed by atoms with Gasteiger partial charge in [-0.3, -0.25) is 4.79 Å². The van der Waals surface area contributed by atoms with Crippen molar-refractivity contribution in [2.24, 2.45) is 0 Å². The molecule has 0 N–H and O–H groups in total. The number of nitrogens with zero attached hydrogens (tertiary/aromatic N) is 3. The fourth-order valence-electron chi connectivity index (χ4n) is 2.06. The van der Waals surface area contributed by atoms with Gasteiger partial charge in [0.1, 0.15) is 17.9 Å². The average Bonchev–Trinajstić information content (AvgIpc) is 2.96. The Morgan fingerprint density at radius 1 is 1.36 bits per heavy atom. The van der Waals surface area contributed by atoms with Crippen molar-refractivity contribution in [1.82, 2.24) is 14.6 Å². The summed E-state index contributed by atoms with van der Waals surface area (Å²) in [4.78, 5) is 28.4. The molecule has 0 fully saturated rings. The lowest BCUT2D eigenvalue weighted by Crippen LogP contribution is -2.14. The van der Waals surface area contributed by atoms with Crippen LogP contribution >= 0.6 is 11.3 Å². The van der Waals surface area contributed by atoms with Crippen molar-refractivity contribution in [3.63, 3.8) is 0 Å². The summed E-state index contributed by atoms with van der Waals surface area (Å²) in [5.41, 5.74) is 0.0809. The Morgan fingerprint density at radius 3 is 2.88 bits per heavy atom. The molecule has 0 saturated heterocycles. The number of carbonyl (C=O) groups excluding carboxylic acids is 1. The van der Waals surface area contributed by atoms with E-state index < -0.39 is 12.6 Å². The first-order chi connectivity index (χ1) is 11.9. The van der Waals surface area contributed by atoms with Gasteiger partial charge in [-0.15, -0.1) is 0 Å². The molecule has 130 valence electrons. The SMILES string of the molecule is Cc1cc(=O)n2nc(COC(=O)c3ccccc3OC(F)F)sc2n1. The Balaban J connectivity index is 1.77. The highest BCUT2D eigenvalue weighted by Gasteiger charge is 2.17. The van der Waals surface area contributed by atoms with Crippen LogP contribution in [0.3, 0.4) is 0 Å². The van der Waals surface area contributed by atoms with Gasteiger partial charge in [0, 0.05) is 11.8 Å².